The molecule has 3 nitrogen and oxygen atoms in total. The maximum atomic E-state index is 4.44. The molecular formula is C16H23N3. The quantitative estimate of drug-likeness (QED) is 0.844. The minimum atomic E-state index is 0.477. The summed E-state index contributed by atoms with van der Waals surface area (Å²) >= 11 is 0. The molecule has 1 aliphatic carbocycles. The number of nitrogens with one attached hydrogen (secondary N) is 2. The van der Waals surface area contributed by atoms with Crippen LogP contribution >= 0.6 is 0 Å². The van der Waals surface area contributed by atoms with Crippen LogP contribution in [-0.2, 0) is 0 Å². The first kappa shape index (κ1) is 12.5. The zero-order valence-electron chi connectivity index (χ0n) is 12.1. The Bertz CT molecular complexity index is 583. The summed E-state index contributed by atoms with van der Waals surface area (Å²) in [6.45, 7) is 6.75. The van der Waals surface area contributed by atoms with Crippen LogP contribution in [0.1, 0.15) is 45.4 Å². The summed E-state index contributed by atoms with van der Waals surface area (Å²) in [4.78, 5) is 7.74. The molecule has 1 aromatic heterocycles. The third-order valence-electron chi connectivity index (χ3n) is 4.18. The van der Waals surface area contributed by atoms with E-state index in [0.717, 1.165) is 16.9 Å². The normalized spacial score (nSPS) is 22.6. The third kappa shape index (κ3) is 2.75. The van der Waals surface area contributed by atoms with Gasteiger partial charge in [0.25, 0.3) is 0 Å². The molecule has 0 aliphatic heterocycles. The Labute approximate surface area is 114 Å². The van der Waals surface area contributed by atoms with Gasteiger partial charge in [0.15, 0.2) is 0 Å². The number of nitrogens with zero attached hydrogens (tertiary/aromatic N) is 1. The summed E-state index contributed by atoms with van der Waals surface area (Å²) in [6, 6.07) is 7.02. The summed E-state index contributed by atoms with van der Waals surface area (Å²) in [5.41, 5.74) is 3.85. The highest BCUT2D eigenvalue weighted by molar-refractivity contribution is 5.79. The molecule has 1 unspecified atom stereocenters. The summed E-state index contributed by atoms with van der Waals surface area (Å²) in [5.74, 6) is 0.978. The van der Waals surface area contributed by atoms with Gasteiger partial charge in [-0.15, -0.1) is 0 Å². The van der Waals surface area contributed by atoms with Crippen molar-refractivity contribution in [1.29, 1.82) is 0 Å². The number of imidazole rings is 1. The Hall–Kier alpha value is -1.51. The highest BCUT2D eigenvalue weighted by Gasteiger charge is 2.27. The minimum Gasteiger partial charge on any atom is -0.382 e. The average Bonchev–Trinajstić information content (AvgIpc) is 2.67. The molecule has 1 fully saturated rings. The smallest absolute Gasteiger partial charge is 0.104 e. The molecule has 0 saturated heterocycles. The van der Waals surface area contributed by atoms with Crippen LogP contribution < -0.4 is 5.32 Å². The van der Waals surface area contributed by atoms with Crippen LogP contribution in [0.5, 0.6) is 0 Å². The van der Waals surface area contributed by atoms with Crippen molar-refractivity contribution in [3.63, 3.8) is 0 Å². The van der Waals surface area contributed by atoms with Gasteiger partial charge in [-0.25, -0.2) is 4.98 Å². The molecule has 0 amide bonds. The van der Waals surface area contributed by atoms with E-state index in [9.17, 15) is 0 Å². The molecule has 1 atom stereocenters. The molecular weight excluding hydrogens is 234 g/mol. The lowest BCUT2D eigenvalue weighted by molar-refractivity contribution is 0.229. The van der Waals surface area contributed by atoms with Crippen molar-refractivity contribution >= 4 is 16.7 Å². The third-order valence-corrected chi connectivity index (χ3v) is 4.18. The minimum absolute atomic E-state index is 0.477. The molecule has 1 aliphatic rings. The summed E-state index contributed by atoms with van der Waals surface area (Å²) in [7, 11) is 0. The summed E-state index contributed by atoms with van der Waals surface area (Å²) < 4.78 is 0. The van der Waals surface area contributed by atoms with Crippen LogP contribution in [0.15, 0.2) is 18.2 Å². The van der Waals surface area contributed by atoms with Gasteiger partial charge in [0.2, 0.25) is 0 Å². The van der Waals surface area contributed by atoms with Crippen molar-refractivity contribution in [3.05, 3.63) is 24.0 Å². The van der Waals surface area contributed by atoms with E-state index in [-0.39, 0.29) is 0 Å². The van der Waals surface area contributed by atoms with Crippen LogP contribution in [0, 0.1) is 12.3 Å². The monoisotopic (exact) mass is 257 g/mol. The largest absolute Gasteiger partial charge is 0.382 e. The van der Waals surface area contributed by atoms with Gasteiger partial charge in [-0.1, -0.05) is 20.3 Å². The predicted molar refractivity (Wildman–Crippen MR) is 80.5 cm³/mol. The number of anilines is 1. The number of rotatable bonds is 2. The van der Waals surface area contributed by atoms with Gasteiger partial charge in [-0.3, -0.25) is 0 Å². The molecule has 102 valence electrons. The van der Waals surface area contributed by atoms with Gasteiger partial charge in [-0.05, 0) is 49.8 Å². The van der Waals surface area contributed by atoms with Gasteiger partial charge in [-0.2, -0.15) is 0 Å². The molecule has 2 aromatic rings. The van der Waals surface area contributed by atoms with Crippen molar-refractivity contribution < 1.29 is 0 Å². The number of aromatic nitrogens is 2. The number of aromatic amines is 1. The van der Waals surface area contributed by atoms with Crippen molar-refractivity contribution in [2.24, 2.45) is 5.41 Å². The van der Waals surface area contributed by atoms with Crippen molar-refractivity contribution in [2.45, 2.75) is 52.5 Å². The van der Waals surface area contributed by atoms with Crippen LogP contribution in [0.25, 0.3) is 11.0 Å². The molecule has 2 N–H and O–H groups in total. The number of aryl methyl sites for hydroxylation is 1. The van der Waals surface area contributed by atoms with Crippen LogP contribution in [0.4, 0.5) is 5.69 Å². The highest BCUT2D eigenvalue weighted by atomic mass is 14.9. The summed E-state index contributed by atoms with van der Waals surface area (Å²) in [5, 5.41) is 3.69. The number of fused-ring (bicyclic) bond motifs is 1. The first-order valence-electron chi connectivity index (χ1n) is 7.25. The number of hydrogen-bond acceptors (Lipinski definition) is 2. The van der Waals surface area contributed by atoms with E-state index in [0.29, 0.717) is 11.5 Å². The number of benzene rings is 1. The zero-order chi connectivity index (χ0) is 13.5. The maximum Gasteiger partial charge on any atom is 0.104 e. The molecule has 1 saturated carbocycles. The fraction of sp³-hybridized carbons (Fsp3) is 0.562. The van der Waals surface area contributed by atoms with Gasteiger partial charge in [0, 0.05) is 11.7 Å². The predicted octanol–water partition coefficient (Wildman–Crippen LogP) is 4.25. The van der Waals surface area contributed by atoms with Crippen molar-refractivity contribution in [3.8, 4) is 0 Å². The molecule has 1 heterocycles. The van der Waals surface area contributed by atoms with E-state index in [2.05, 4.69) is 47.3 Å². The Kier molecular flexibility index (Phi) is 3.00. The Morgan fingerprint density at radius 2 is 2.21 bits per heavy atom. The van der Waals surface area contributed by atoms with Gasteiger partial charge in [0.05, 0.1) is 11.0 Å². The molecule has 1 aromatic carbocycles. The highest BCUT2D eigenvalue weighted by Crippen LogP contribution is 2.36. The van der Waals surface area contributed by atoms with Gasteiger partial charge < -0.3 is 10.3 Å². The second-order valence-electron chi connectivity index (χ2n) is 6.66. The van der Waals surface area contributed by atoms with Gasteiger partial charge >= 0.3 is 0 Å². The van der Waals surface area contributed by atoms with Crippen molar-refractivity contribution in [2.75, 3.05) is 5.32 Å². The molecule has 19 heavy (non-hydrogen) atoms. The van der Waals surface area contributed by atoms with Crippen LogP contribution in [-0.4, -0.2) is 16.0 Å². The molecule has 0 radical (unpaired) electrons. The lowest BCUT2D eigenvalue weighted by Crippen LogP contribution is -2.31. The number of H-pyrrole nitrogens is 1. The van der Waals surface area contributed by atoms with Crippen molar-refractivity contribution in [1.82, 2.24) is 9.97 Å². The van der Waals surface area contributed by atoms with E-state index < -0.39 is 0 Å². The SMILES string of the molecule is Cc1nc2ccc(NC3CCCC(C)(C)C3)cc2[nH]1. The maximum absolute atomic E-state index is 4.44. The summed E-state index contributed by atoms with van der Waals surface area (Å²) in [6.07, 6.45) is 5.22. The van der Waals surface area contributed by atoms with E-state index in [1.807, 2.05) is 6.92 Å². The first-order valence-corrected chi connectivity index (χ1v) is 7.25. The Morgan fingerprint density at radius 3 is 3.00 bits per heavy atom. The fourth-order valence-electron chi connectivity index (χ4n) is 3.28. The second kappa shape index (κ2) is 4.55. The van der Waals surface area contributed by atoms with E-state index in [4.69, 9.17) is 0 Å². The molecule has 0 spiro atoms. The van der Waals surface area contributed by atoms with Crippen LogP contribution in [0.2, 0.25) is 0 Å². The Morgan fingerprint density at radius 1 is 1.37 bits per heavy atom. The topological polar surface area (TPSA) is 40.7 Å². The Balaban J connectivity index is 1.77. The van der Waals surface area contributed by atoms with Gasteiger partial charge in [0.1, 0.15) is 5.82 Å². The lowest BCUT2D eigenvalue weighted by Gasteiger charge is -2.36. The fourth-order valence-corrected chi connectivity index (χ4v) is 3.28. The average molecular weight is 257 g/mol. The molecule has 3 heteroatoms. The second-order valence-corrected chi connectivity index (χ2v) is 6.66. The standard InChI is InChI=1S/C16H23N3/c1-11-17-14-7-6-12(9-15(14)18-11)19-13-5-4-8-16(2,3)10-13/h6-7,9,13,19H,4-5,8,10H2,1-3H3,(H,17,18). The van der Waals surface area contributed by atoms with E-state index in [1.165, 1.54) is 31.4 Å². The molecule has 3 rings (SSSR count). The number of hydrogen-bond donors (Lipinski definition) is 2. The van der Waals surface area contributed by atoms with Crippen LogP contribution in [0.3, 0.4) is 0 Å². The van der Waals surface area contributed by atoms with E-state index >= 15 is 0 Å². The first-order chi connectivity index (χ1) is 9.02. The van der Waals surface area contributed by atoms with E-state index in [1.54, 1.807) is 0 Å². The molecule has 0 bridgehead atoms. The zero-order valence-corrected chi connectivity index (χ0v) is 12.1. The lowest BCUT2D eigenvalue weighted by atomic mass is 9.75.